The number of benzene rings is 1. The van der Waals surface area contributed by atoms with Gasteiger partial charge in [-0.05, 0) is 51.3 Å². The minimum Gasteiger partial charge on any atom is -0.490 e. The number of carbonyl (C=O) groups excluding carboxylic acids is 3. The number of likely N-dealkylation sites (tertiary alicyclic amines) is 1. The summed E-state index contributed by atoms with van der Waals surface area (Å²) in [6.07, 6.45) is 3.91. The predicted molar refractivity (Wildman–Crippen MR) is 184 cm³/mol. The van der Waals surface area contributed by atoms with Gasteiger partial charge >= 0.3 is 0 Å². The molecule has 268 valence electrons. The summed E-state index contributed by atoms with van der Waals surface area (Å²) in [5.41, 5.74) is 2.80. The Morgan fingerprint density at radius 2 is 1.90 bits per heavy atom. The first-order chi connectivity index (χ1) is 24.1. The summed E-state index contributed by atoms with van der Waals surface area (Å²) in [7, 11) is 3.80. The molecular formula is C36H46N6O8. The molecule has 14 nitrogen and oxygen atoms in total. The third-order valence-corrected chi connectivity index (χ3v) is 9.70. The highest BCUT2D eigenvalue weighted by atomic mass is 16.5. The second-order valence-corrected chi connectivity index (χ2v) is 13.2. The van der Waals surface area contributed by atoms with Crippen LogP contribution < -0.4 is 19.7 Å². The zero-order valence-corrected chi connectivity index (χ0v) is 29.1. The Labute approximate surface area is 291 Å². The number of carbonyl (C=O) groups is 4. The van der Waals surface area contributed by atoms with Crippen molar-refractivity contribution in [1.82, 2.24) is 25.3 Å². The lowest BCUT2D eigenvalue weighted by Gasteiger charge is -2.40. The van der Waals surface area contributed by atoms with Crippen LogP contribution in [0.3, 0.4) is 0 Å². The average molecular weight is 691 g/mol. The first kappa shape index (κ1) is 36.1. The molecule has 2 atom stereocenters. The number of aromatic nitrogens is 2. The molecular weight excluding hydrogens is 644 g/mol. The predicted octanol–water partition coefficient (Wildman–Crippen LogP) is 3.21. The number of pyridine rings is 1. The summed E-state index contributed by atoms with van der Waals surface area (Å²) in [6.45, 7) is 6.57. The van der Waals surface area contributed by atoms with E-state index in [0.717, 1.165) is 28.4 Å². The van der Waals surface area contributed by atoms with E-state index in [1.165, 1.54) is 0 Å². The van der Waals surface area contributed by atoms with Crippen molar-refractivity contribution >= 4 is 30.0 Å². The van der Waals surface area contributed by atoms with Crippen LogP contribution in [0.25, 0.3) is 0 Å². The highest BCUT2D eigenvalue weighted by Gasteiger charge is 2.53. The molecule has 0 saturated carbocycles. The lowest BCUT2D eigenvalue weighted by Crippen LogP contribution is -2.48. The maximum Gasteiger partial charge on any atom is 0.290 e. The van der Waals surface area contributed by atoms with E-state index >= 15 is 0 Å². The summed E-state index contributed by atoms with van der Waals surface area (Å²) in [6, 6.07) is 9.51. The zero-order chi connectivity index (χ0) is 35.8. The van der Waals surface area contributed by atoms with Crippen LogP contribution in [0.15, 0.2) is 41.1 Å². The van der Waals surface area contributed by atoms with Gasteiger partial charge in [-0.25, -0.2) is 4.98 Å². The number of fused-ring (bicyclic) bond motifs is 11. The van der Waals surface area contributed by atoms with Crippen molar-refractivity contribution in [3.05, 3.63) is 64.7 Å². The summed E-state index contributed by atoms with van der Waals surface area (Å²) in [4.78, 5) is 58.6. The molecule has 1 saturated heterocycles. The number of hydrogen-bond donors (Lipinski definition) is 2. The molecule has 1 aromatic carbocycles. The van der Waals surface area contributed by atoms with Crippen molar-refractivity contribution in [2.75, 3.05) is 64.9 Å². The van der Waals surface area contributed by atoms with Crippen LogP contribution in [0.5, 0.6) is 11.5 Å². The first-order valence-electron chi connectivity index (χ1n) is 16.9. The van der Waals surface area contributed by atoms with Crippen LogP contribution in [0.1, 0.15) is 64.5 Å². The molecule has 1 fully saturated rings. The molecule has 3 amide bonds. The molecule has 2 N–H and O–H groups in total. The number of nitrogens with zero attached hydrogens (tertiary/aromatic N) is 5. The number of para-hydroxylation sites is 1. The van der Waals surface area contributed by atoms with Gasteiger partial charge in [0.1, 0.15) is 11.6 Å². The van der Waals surface area contributed by atoms with Crippen LogP contribution in [-0.4, -0.2) is 109 Å². The molecule has 7 rings (SSSR count). The van der Waals surface area contributed by atoms with E-state index in [-0.39, 0.29) is 36.5 Å². The van der Waals surface area contributed by atoms with E-state index in [0.29, 0.717) is 88.7 Å². The van der Waals surface area contributed by atoms with E-state index < -0.39 is 5.41 Å². The van der Waals surface area contributed by atoms with Gasteiger partial charge in [0.05, 0.1) is 24.5 Å². The summed E-state index contributed by atoms with van der Waals surface area (Å²) >= 11 is 0. The quantitative estimate of drug-likeness (QED) is 0.378. The molecule has 3 aromatic rings. The van der Waals surface area contributed by atoms with Crippen LogP contribution >= 0.6 is 0 Å². The molecule has 4 bridgehead atoms. The Morgan fingerprint density at radius 3 is 2.60 bits per heavy atom. The van der Waals surface area contributed by atoms with Gasteiger partial charge in [-0.1, -0.05) is 17.3 Å². The van der Waals surface area contributed by atoms with E-state index in [1.54, 1.807) is 17.2 Å². The van der Waals surface area contributed by atoms with Crippen molar-refractivity contribution in [3.8, 4) is 11.5 Å². The van der Waals surface area contributed by atoms with Crippen LogP contribution in [-0.2, 0) is 20.8 Å². The van der Waals surface area contributed by atoms with Gasteiger partial charge in [0.25, 0.3) is 12.4 Å². The number of amides is 3. The molecule has 1 spiro atoms. The van der Waals surface area contributed by atoms with Gasteiger partial charge in [0, 0.05) is 88.3 Å². The fourth-order valence-corrected chi connectivity index (χ4v) is 7.01. The van der Waals surface area contributed by atoms with Gasteiger partial charge in [-0.15, -0.1) is 0 Å². The Balaban J connectivity index is 0.00000156. The number of aryl methyl sites for hydroxylation is 2. The Hall–Kier alpha value is -5.14. The van der Waals surface area contributed by atoms with Crippen LogP contribution in [0.4, 0.5) is 5.82 Å². The topological polar surface area (TPSA) is 168 Å². The number of nitrogens with one attached hydrogen (secondary N) is 1. The molecule has 0 aliphatic carbocycles. The number of anilines is 1. The third-order valence-electron chi connectivity index (χ3n) is 9.70. The molecule has 0 radical (unpaired) electrons. The van der Waals surface area contributed by atoms with E-state index in [2.05, 4.69) is 15.5 Å². The second-order valence-electron chi connectivity index (χ2n) is 13.2. The molecule has 50 heavy (non-hydrogen) atoms. The molecule has 2 aromatic heterocycles. The highest BCUT2D eigenvalue weighted by molar-refractivity contribution is 5.94. The van der Waals surface area contributed by atoms with Gasteiger partial charge in [-0.2, -0.15) is 0 Å². The summed E-state index contributed by atoms with van der Waals surface area (Å²) in [5.74, 6) is 2.69. The molecule has 0 unspecified atom stereocenters. The molecule has 14 heteroatoms. The van der Waals surface area contributed by atoms with Gasteiger partial charge in [-0.3, -0.25) is 19.2 Å². The minimum absolute atomic E-state index is 0.0216. The number of ether oxygens (including phenoxy) is 2. The average Bonchev–Trinajstić information content (AvgIpc) is 3.66. The SMILES string of the molecule is Cc1noc(C)c1CCC(=O)N1C[C@H]2c3cccc4c3OC[C@@]2(CNC(=O)CCCN(C(=O)c2ccc(N(C)C)nc2)CCCO4)C1.O=CO. The Kier molecular flexibility index (Phi) is 11.6. The van der Waals surface area contributed by atoms with Crippen molar-refractivity contribution in [2.45, 2.75) is 51.9 Å². The maximum atomic E-state index is 13.6. The second kappa shape index (κ2) is 16.0. The van der Waals surface area contributed by atoms with Crippen LogP contribution in [0.2, 0.25) is 0 Å². The van der Waals surface area contributed by atoms with Crippen molar-refractivity contribution in [2.24, 2.45) is 5.41 Å². The number of rotatable bonds is 5. The first-order valence-corrected chi connectivity index (χ1v) is 16.9. The van der Waals surface area contributed by atoms with Gasteiger partial charge in [0.15, 0.2) is 11.5 Å². The fraction of sp³-hybridized carbons (Fsp3) is 0.500. The van der Waals surface area contributed by atoms with Crippen LogP contribution in [0, 0.1) is 19.3 Å². The lowest BCUT2D eigenvalue weighted by molar-refractivity contribution is -0.130. The van der Waals surface area contributed by atoms with E-state index in [9.17, 15) is 14.4 Å². The normalized spacial score (nSPS) is 20.4. The number of carboxylic acid groups (broad SMARTS) is 1. The standard InChI is InChI=1S/C35H44N6O6.CH2O2/c1-23-26(24(2)47-38-23)12-14-32(43)41-19-28-27-8-5-9-29-33(27)46-22-35(28,21-41)20-37-31(42)10-6-15-40(16-7-17-45-29)34(44)25-11-13-30(36-18-25)39(3)4;2-1-3/h5,8-9,11,13,18,28H,6-7,10,12,14-17,19-22H2,1-4H3,(H,37,42);1H,(H,2,3)/t28-,35+;/m0./s1. The van der Waals surface area contributed by atoms with Crippen molar-refractivity contribution < 1.29 is 38.3 Å². The van der Waals surface area contributed by atoms with E-state index in [4.69, 9.17) is 23.9 Å². The molecule has 4 aliphatic rings. The number of hydrogen-bond acceptors (Lipinski definition) is 10. The Bertz CT molecular complexity index is 1660. The van der Waals surface area contributed by atoms with Crippen molar-refractivity contribution in [1.29, 1.82) is 0 Å². The highest BCUT2D eigenvalue weighted by Crippen LogP contribution is 2.52. The van der Waals surface area contributed by atoms with Crippen molar-refractivity contribution in [3.63, 3.8) is 0 Å². The van der Waals surface area contributed by atoms with Gasteiger partial charge in [0.2, 0.25) is 11.8 Å². The maximum absolute atomic E-state index is 13.6. The third kappa shape index (κ3) is 8.01. The summed E-state index contributed by atoms with van der Waals surface area (Å²) < 4.78 is 18.0. The van der Waals surface area contributed by atoms with Gasteiger partial charge < -0.3 is 39.1 Å². The Morgan fingerprint density at radius 1 is 1.12 bits per heavy atom. The minimum atomic E-state index is -0.481. The molecule has 6 heterocycles. The summed E-state index contributed by atoms with van der Waals surface area (Å²) in [5, 5.41) is 14.1. The zero-order valence-electron chi connectivity index (χ0n) is 29.1. The fourth-order valence-electron chi connectivity index (χ4n) is 7.01. The largest absolute Gasteiger partial charge is 0.490 e. The van der Waals surface area contributed by atoms with E-state index in [1.807, 2.05) is 62.0 Å². The monoisotopic (exact) mass is 690 g/mol. The lowest BCUT2D eigenvalue weighted by atomic mass is 9.73. The molecule has 4 aliphatic heterocycles. The smallest absolute Gasteiger partial charge is 0.290 e.